The van der Waals surface area contributed by atoms with Gasteiger partial charge in [-0.2, -0.15) is 0 Å². The van der Waals surface area contributed by atoms with Crippen LogP contribution in [0.1, 0.15) is 45.2 Å². The summed E-state index contributed by atoms with van der Waals surface area (Å²) in [6.07, 6.45) is 3.74. The molecule has 0 fully saturated rings. The summed E-state index contributed by atoms with van der Waals surface area (Å²) >= 11 is 0. The number of hydrogen-bond acceptors (Lipinski definition) is 5. The number of amides is 2. The predicted molar refractivity (Wildman–Crippen MR) is 157 cm³/mol. The highest BCUT2D eigenvalue weighted by molar-refractivity contribution is 6.06. The van der Waals surface area contributed by atoms with E-state index in [1.165, 1.54) is 0 Å². The van der Waals surface area contributed by atoms with Crippen LogP contribution < -0.4 is 10.1 Å². The summed E-state index contributed by atoms with van der Waals surface area (Å²) in [6, 6.07) is 25.6. The second-order valence-electron chi connectivity index (χ2n) is 9.40. The van der Waals surface area contributed by atoms with Crippen LogP contribution in [0.25, 0.3) is 11.1 Å². The summed E-state index contributed by atoms with van der Waals surface area (Å²) in [4.78, 5) is 44.2. The van der Waals surface area contributed by atoms with Crippen molar-refractivity contribution in [2.75, 3.05) is 19.7 Å². The molecule has 0 spiro atoms. The molecule has 0 saturated heterocycles. The molecule has 0 radical (unpaired) electrons. The van der Waals surface area contributed by atoms with Gasteiger partial charge in [-0.15, -0.1) is 0 Å². The van der Waals surface area contributed by atoms with E-state index in [0.717, 1.165) is 16.9 Å². The van der Waals surface area contributed by atoms with Crippen molar-refractivity contribution in [1.29, 1.82) is 0 Å². The normalized spacial score (nSPS) is 10.6. The van der Waals surface area contributed by atoms with E-state index < -0.39 is 5.97 Å². The number of aromatic nitrogens is 1. The molecule has 0 saturated carbocycles. The molecule has 0 atom stereocenters. The number of carboxylic acids is 1. The van der Waals surface area contributed by atoms with Gasteiger partial charge in [0, 0.05) is 43.2 Å². The number of nitrogens with zero attached hydrogens (tertiary/aromatic N) is 2. The quantitative estimate of drug-likeness (QED) is 0.235. The van der Waals surface area contributed by atoms with Gasteiger partial charge in [-0.3, -0.25) is 19.4 Å². The first kappa shape index (κ1) is 29.0. The van der Waals surface area contributed by atoms with Gasteiger partial charge in [0.1, 0.15) is 5.75 Å². The fourth-order valence-electron chi connectivity index (χ4n) is 4.50. The lowest BCUT2D eigenvalue weighted by atomic mass is 9.94. The van der Waals surface area contributed by atoms with Gasteiger partial charge in [-0.1, -0.05) is 54.6 Å². The number of pyridine rings is 1. The zero-order valence-electron chi connectivity index (χ0n) is 23.0. The fraction of sp³-hybridized carbons (Fsp3) is 0.212. The second-order valence-corrected chi connectivity index (χ2v) is 9.40. The third kappa shape index (κ3) is 8.02. The van der Waals surface area contributed by atoms with E-state index in [2.05, 4.69) is 10.3 Å². The lowest BCUT2D eigenvalue weighted by Crippen LogP contribution is -2.35. The third-order valence-electron chi connectivity index (χ3n) is 6.58. The fourth-order valence-corrected chi connectivity index (χ4v) is 4.50. The van der Waals surface area contributed by atoms with Gasteiger partial charge in [0.2, 0.25) is 0 Å². The van der Waals surface area contributed by atoms with E-state index in [-0.39, 0.29) is 24.8 Å². The number of hydrogen-bond donors (Lipinski definition) is 2. The van der Waals surface area contributed by atoms with E-state index in [1.54, 1.807) is 41.6 Å². The summed E-state index contributed by atoms with van der Waals surface area (Å²) in [6.45, 7) is 3.21. The molecule has 8 heteroatoms. The molecule has 0 aliphatic carbocycles. The number of carbonyl (C=O) groups is 3. The minimum absolute atomic E-state index is 0.0623. The molecule has 4 aromatic rings. The van der Waals surface area contributed by atoms with Crippen molar-refractivity contribution in [1.82, 2.24) is 15.2 Å². The van der Waals surface area contributed by atoms with Gasteiger partial charge >= 0.3 is 5.97 Å². The zero-order valence-corrected chi connectivity index (χ0v) is 23.0. The number of carboxylic acid groups (broad SMARTS) is 1. The summed E-state index contributed by atoms with van der Waals surface area (Å²) in [5.74, 6) is -0.775. The molecule has 0 bridgehead atoms. The highest BCUT2D eigenvalue weighted by Gasteiger charge is 2.22. The Labute approximate surface area is 239 Å². The van der Waals surface area contributed by atoms with E-state index in [1.807, 2.05) is 67.6 Å². The highest BCUT2D eigenvalue weighted by atomic mass is 16.5. The first-order valence-corrected chi connectivity index (χ1v) is 13.5. The summed E-state index contributed by atoms with van der Waals surface area (Å²) in [5.41, 5.74) is 3.93. The molecule has 1 heterocycles. The van der Waals surface area contributed by atoms with Gasteiger partial charge in [-0.05, 0) is 65.9 Å². The maximum atomic E-state index is 13.9. The van der Waals surface area contributed by atoms with Crippen molar-refractivity contribution in [3.8, 4) is 16.9 Å². The Morgan fingerprint density at radius 2 is 1.51 bits per heavy atom. The average molecular weight is 552 g/mol. The van der Waals surface area contributed by atoms with Crippen molar-refractivity contribution in [3.63, 3.8) is 0 Å². The molecule has 4 rings (SSSR count). The monoisotopic (exact) mass is 551 g/mol. The Kier molecular flexibility index (Phi) is 10.2. The Balaban J connectivity index is 1.58. The van der Waals surface area contributed by atoms with Gasteiger partial charge in [-0.25, -0.2) is 0 Å². The maximum Gasteiger partial charge on any atom is 0.305 e. The number of ether oxygens (including phenoxy) is 1. The predicted octanol–water partition coefficient (Wildman–Crippen LogP) is 5.24. The smallest absolute Gasteiger partial charge is 0.305 e. The lowest BCUT2D eigenvalue weighted by Gasteiger charge is -2.24. The molecule has 2 N–H and O–H groups in total. The van der Waals surface area contributed by atoms with Crippen LogP contribution in [0.15, 0.2) is 97.3 Å². The standard InChI is InChI=1S/C33H33N3O5/c1-2-41-26-15-13-24(14-16-26)17-20-36(21-18-31(37)38)33(40)30-12-6-4-10-28(30)27-9-3-5-11-29(27)32(39)35-23-25-8-7-19-34-22-25/h3-16,19,22H,2,17-18,20-21,23H2,1H3,(H,35,39)(H,37,38). The van der Waals surface area contributed by atoms with Crippen molar-refractivity contribution < 1.29 is 24.2 Å². The second kappa shape index (κ2) is 14.4. The van der Waals surface area contributed by atoms with Crippen LogP contribution in [0.2, 0.25) is 0 Å². The number of nitrogens with one attached hydrogen (secondary N) is 1. The number of benzene rings is 3. The summed E-state index contributed by atoms with van der Waals surface area (Å²) < 4.78 is 5.51. The Hall–Kier alpha value is -4.98. The van der Waals surface area contributed by atoms with Crippen LogP contribution in [0.4, 0.5) is 0 Å². The topological polar surface area (TPSA) is 109 Å². The largest absolute Gasteiger partial charge is 0.494 e. The molecule has 0 unspecified atom stereocenters. The zero-order chi connectivity index (χ0) is 29.0. The first-order valence-electron chi connectivity index (χ1n) is 13.5. The minimum atomic E-state index is -0.979. The lowest BCUT2D eigenvalue weighted by molar-refractivity contribution is -0.137. The van der Waals surface area contributed by atoms with Crippen LogP contribution in [0.5, 0.6) is 5.75 Å². The van der Waals surface area contributed by atoms with Crippen molar-refractivity contribution in [2.24, 2.45) is 0 Å². The Morgan fingerprint density at radius 3 is 2.17 bits per heavy atom. The summed E-state index contributed by atoms with van der Waals surface area (Å²) in [7, 11) is 0. The van der Waals surface area contributed by atoms with Crippen LogP contribution >= 0.6 is 0 Å². The van der Waals surface area contributed by atoms with Crippen molar-refractivity contribution in [3.05, 3.63) is 120 Å². The molecule has 1 aromatic heterocycles. The minimum Gasteiger partial charge on any atom is -0.494 e. The van der Waals surface area contributed by atoms with Crippen molar-refractivity contribution >= 4 is 17.8 Å². The van der Waals surface area contributed by atoms with Crippen LogP contribution in [0.3, 0.4) is 0 Å². The molecular weight excluding hydrogens is 518 g/mol. The van der Waals surface area contributed by atoms with Gasteiger partial charge in [0.05, 0.1) is 13.0 Å². The summed E-state index contributed by atoms with van der Waals surface area (Å²) in [5, 5.41) is 12.3. The number of carbonyl (C=O) groups excluding carboxylic acids is 2. The van der Waals surface area contributed by atoms with Crippen LogP contribution in [-0.4, -0.2) is 52.5 Å². The van der Waals surface area contributed by atoms with E-state index in [4.69, 9.17) is 4.74 Å². The van der Waals surface area contributed by atoms with E-state index in [0.29, 0.717) is 48.4 Å². The molecule has 210 valence electrons. The van der Waals surface area contributed by atoms with Crippen LogP contribution in [-0.2, 0) is 17.8 Å². The van der Waals surface area contributed by atoms with E-state index >= 15 is 0 Å². The highest BCUT2D eigenvalue weighted by Crippen LogP contribution is 2.28. The van der Waals surface area contributed by atoms with Gasteiger partial charge in [0.15, 0.2) is 0 Å². The average Bonchev–Trinajstić information content (AvgIpc) is 3.01. The molecular formula is C33H33N3O5. The molecule has 0 aliphatic heterocycles. The Morgan fingerprint density at radius 1 is 0.829 bits per heavy atom. The molecule has 0 aliphatic rings. The number of aliphatic carboxylic acids is 1. The van der Waals surface area contributed by atoms with Crippen LogP contribution in [0, 0.1) is 0 Å². The molecule has 2 amide bonds. The molecule has 3 aromatic carbocycles. The number of rotatable bonds is 13. The van der Waals surface area contributed by atoms with E-state index in [9.17, 15) is 19.5 Å². The molecule has 41 heavy (non-hydrogen) atoms. The SMILES string of the molecule is CCOc1ccc(CCN(CCC(=O)O)C(=O)c2ccccc2-c2ccccc2C(=O)NCc2cccnc2)cc1. The molecule has 8 nitrogen and oxygen atoms in total. The first-order chi connectivity index (χ1) is 20.0. The van der Waals surface area contributed by atoms with Crippen molar-refractivity contribution in [2.45, 2.75) is 26.3 Å². The van der Waals surface area contributed by atoms with Gasteiger partial charge in [0.25, 0.3) is 11.8 Å². The Bertz CT molecular complexity index is 1470. The van der Waals surface area contributed by atoms with Gasteiger partial charge < -0.3 is 20.1 Å². The third-order valence-corrected chi connectivity index (χ3v) is 6.58. The maximum absolute atomic E-state index is 13.9.